The molecule has 88 valence electrons. The molecule has 1 N–H and O–H groups in total. The lowest BCUT2D eigenvalue weighted by Crippen LogP contribution is -1.95. The molecule has 0 fully saturated rings. The molecule has 0 saturated heterocycles. The quantitative estimate of drug-likeness (QED) is 0.764. The third-order valence-electron chi connectivity index (χ3n) is 2.84. The minimum absolute atomic E-state index is 1.14. The normalized spacial score (nSPS) is 10.4. The third kappa shape index (κ3) is 3.00. The second-order valence-electron chi connectivity index (χ2n) is 4.41. The fourth-order valence-electron chi connectivity index (χ4n) is 1.71. The van der Waals surface area contributed by atoms with Gasteiger partial charge in [-0.05, 0) is 78.8 Å². The van der Waals surface area contributed by atoms with Crippen LogP contribution in [-0.4, -0.2) is 0 Å². The second kappa shape index (κ2) is 5.08. The van der Waals surface area contributed by atoms with E-state index in [2.05, 4.69) is 85.1 Å². The van der Waals surface area contributed by atoms with E-state index in [4.69, 9.17) is 0 Å². The Bertz CT molecular complexity index is 529. The second-order valence-corrected chi connectivity index (χ2v) is 5.57. The topological polar surface area (TPSA) is 12.0 Å². The average molecular weight is 337 g/mol. The van der Waals surface area contributed by atoms with E-state index in [1.807, 2.05) is 0 Å². The van der Waals surface area contributed by atoms with Gasteiger partial charge in [0.1, 0.15) is 0 Å². The molecule has 1 nitrogen and oxygen atoms in total. The summed E-state index contributed by atoms with van der Waals surface area (Å²) in [5.74, 6) is 0. The maximum absolute atomic E-state index is 3.46. The van der Waals surface area contributed by atoms with Gasteiger partial charge in [0, 0.05) is 14.9 Å². The zero-order chi connectivity index (χ0) is 12.4. The van der Waals surface area contributed by atoms with Gasteiger partial charge in [0.05, 0.1) is 0 Å². The zero-order valence-electron chi connectivity index (χ0n) is 10.3. The van der Waals surface area contributed by atoms with E-state index in [0.717, 1.165) is 5.69 Å². The highest BCUT2D eigenvalue weighted by Crippen LogP contribution is 2.25. The molecule has 2 heteroatoms. The van der Waals surface area contributed by atoms with Crippen LogP contribution >= 0.6 is 22.6 Å². The first-order valence-electron chi connectivity index (χ1n) is 5.67. The minimum atomic E-state index is 1.14. The minimum Gasteiger partial charge on any atom is -0.355 e. The van der Waals surface area contributed by atoms with Crippen LogP contribution in [-0.2, 0) is 0 Å². The van der Waals surface area contributed by atoms with E-state index in [1.54, 1.807) is 0 Å². The number of rotatable bonds is 2. The lowest BCUT2D eigenvalue weighted by molar-refractivity contribution is 1.34. The van der Waals surface area contributed by atoms with Gasteiger partial charge >= 0.3 is 0 Å². The summed E-state index contributed by atoms with van der Waals surface area (Å²) < 4.78 is 1.31. The molecule has 2 aromatic rings. The number of benzene rings is 2. The Morgan fingerprint density at radius 2 is 1.53 bits per heavy atom. The van der Waals surface area contributed by atoms with Crippen LogP contribution in [0.15, 0.2) is 36.4 Å². The van der Waals surface area contributed by atoms with Crippen LogP contribution < -0.4 is 5.32 Å². The molecule has 2 rings (SSSR count). The number of halogens is 1. The molecule has 0 saturated carbocycles. The third-order valence-corrected chi connectivity index (χ3v) is 4.00. The van der Waals surface area contributed by atoms with Crippen molar-refractivity contribution in [1.29, 1.82) is 0 Å². The molecule has 0 radical (unpaired) electrons. The number of hydrogen-bond acceptors (Lipinski definition) is 1. The van der Waals surface area contributed by atoms with E-state index in [1.165, 1.54) is 25.9 Å². The Hall–Kier alpha value is -1.03. The molecule has 0 unspecified atom stereocenters. The lowest BCUT2D eigenvalue weighted by Gasteiger charge is -2.12. The van der Waals surface area contributed by atoms with Crippen molar-refractivity contribution in [2.75, 3.05) is 5.32 Å². The van der Waals surface area contributed by atoms with Crippen molar-refractivity contribution in [1.82, 2.24) is 0 Å². The summed E-state index contributed by atoms with van der Waals surface area (Å²) in [5, 5.41) is 3.46. The van der Waals surface area contributed by atoms with Crippen molar-refractivity contribution < 1.29 is 0 Å². The van der Waals surface area contributed by atoms with Gasteiger partial charge in [0.2, 0.25) is 0 Å². The average Bonchev–Trinajstić information content (AvgIpc) is 2.29. The lowest BCUT2D eigenvalue weighted by atomic mass is 10.1. The summed E-state index contributed by atoms with van der Waals surface area (Å²) in [7, 11) is 0. The first kappa shape index (κ1) is 12.4. The number of aryl methyl sites for hydroxylation is 3. The van der Waals surface area contributed by atoms with E-state index in [0.29, 0.717) is 0 Å². The maximum Gasteiger partial charge on any atom is 0.0417 e. The highest BCUT2D eigenvalue weighted by atomic mass is 127. The van der Waals surface area contributed by atoms with Gasteiger partial charge < -0.3 is 5.32 Å². The smallest absolute Gasteiger partial charge is 0.0417 e. The van der Waals surface area contributed by atoms with Crippen LogP contribution in [0, 0.1) is 24.3 Å². The van der Waals surface area contributed by atoms with E-state index >= 15 is 0 Å². The number of anilines is 2. The van der Waals surface area contributed by atoms with Crippen molar-refractivity contribution >= 4 is 34.0 Å². The van der Waals surface area contributed by atoms with Crippen molar-refractivity contribution in [3.63, 3.8) is 0 Å². The molecule has 2 aromatic carbocycles. The SMILES string of the molecule is Cc1ccc(Nc2cc(C)c(I)cc2C)cc1. The van der Waals surface area contributed by atoms with Gasteiger partial charge in [-0.25, -0.2) is 0 Å². The molecule has 0 aliphatic rings. The molecule has 0 bridgehead atoms. The summed E-state index contributed by atoms with van der Waals surface area (Å²) in [4.78, 5) is 0. The van der Waals surface area contributed by atoms with Crippen molar-refractivity contribution in [2.45, 2.75) is 20.8 Å². The van der Waals surface area contributed by atoms with Crippen molar-refractivity contribution in [3.05, 3.63) is 56.7 Å². The van der Waals surface area contributed by atoms with Gasteiger partial charge in [-0.3, -0.25) is 0 Å². The first-order valence-corrected chi connectivity index (χ1v) is 6.74. The Kier molecular flexibility index (Phi) is 3.72. The molecule has 0 spiro atoms. The Morgan fingerprint density at radius 3 is 2.18 bits per heavy atom. The fourth-order valence-corrected chi connectivity index (χ4v) is 2.33. The van der Waals surface area contributed by atoms with Crippen LogP contribution in [0.1, 0.15) is 16.7 Å². The van der Waals surface area contributed by atoms with Crippen LogP contribution in [0.4, 0.5) is 11.4 Å². The summed E-state index contributed by atoms with van der Waals surface area (Å²) >= 11 is 2.37. The predicted molar refractivity (Wildman–Crippen MR) is 83.1 cm³/mol. The summed E-state index contributed by atoms with van der Waals surface area (Å²) in [6.45, 7) is 6.38. The number of hydrogen-bond donors (Lipinski definition) is 1. The van der Waals surface area contributed by atoms with Gasteiger partial charge in [0.15, 0.2) is 0 Å². The molecular formula is C15H16IN. The van der Waals surface area contributed by atoms with Gasteiger partial charge in [-0.2, -0.15) is 0 Å². The fraction of sp³-hybridized carbons (Fsp3) is 0.200. The first-order chi connectivity index (χ1) is 8.06. The maximum atomic E-state index is 3.46. The van der Waals surface area contributed by atoms with Crippen molar-refractivity contribution in [2.24, 2.45) is 0 Å². The molecule has 0 heterocycles. The van der Waals surface area contributed by atoms with E-state index in [9.17, 15) is 0 Å². The molecule has 17 heavy (non-hydrogen) atoms. The predicted octanol–water partition coefficient (Wildman–Crippen LogP) is 4.96. The van der Waals surface area contributed by atoms with E-state index < -0.39 is 0 Å². The highest BCUT2D eigenvalue weighted by molar-refractivity contribution is 14.1. The molecule has 0 aromatic heterocycles. The largest absolute Gasteiger partial charge is 0.355 e. The number of nitrogens with one attached hydrogen (secondary N) is 1. The summed E-state index contributed by atoms with van der Waals surface area (Å²) in [6, 6.07) is 12.9. The van der Waals surface area contributed by atoms with E-state index in [-0.39, 0.29) is 0 Å². The summed E-state index contributed by atoms with van der Waals surface area (Å²) in [5.41, 5.74) is 6.20. The van der Waals surface area contributed by atoms with Crippen molar-refractivity contribution in [3.8, 4) is 0 Å². The van der Waals surface area contributed by atoms with Gasteiger partial charge in [-0.15, -0.1) is 0 Å². The molecule has 0 aliphatic carbocycles. The molecule has 0 atom stereocenters. The highest BCUT2D eigenvalue weighted by Gasteiger charge is 2.02. The Labute approximate surface area is 116 Å². The zero-order valence-corrected chi connectivity index (χ0v) is 12.5. The molecular weight excluding hydrogens is 321 g/mol. The van der Waals surface area contributed by atoms with Crippen LogP contribution in [0.2, 0.25) is 0 Å². The van der Waals surface area contributed by atoms with Gasteiger partial charge in [0.25, 0.3) is 0 Å². The van der Waals surface area contributed by atoms with Crippen LogP contribution in [0.5, 0.6) is 0 Å². The van der Waals surface area contributed by atoms with Crippen LogP contribution in [0.25, 0.3) is 0 Å². The monoisotopic (exact) mass is 337 g/mol. The van der Waals surface area contributed by atoms with Crippen LogP contribution in [0.3, 0.4) is 0 Å². The molecule has 0 aliphatic heterocycles. The van der Waals surface area contributed by atoms with Gasteiger partial charge in [-0.1, -0.05) is 17.7 Å². The summed E-state index contributed by atoms with van der Waals surface area (Å²) in [6.07, 6.45) is 0. The standard InChI is InChI=1S/C15H16IN/c1-10-4-6-13(7-5-10)17-15-9-11(2)14(16)8-12(15)3/h4-9,17H,1-3H3. The molecule has 0 amide bonds. The Balaban J connectivity index is 2.30. The Morgan fingerprint density at radius 1 is 0.882 bits per heavy atom.